The molecular formula is C18H26N2. The van der Waals surface area contributed by atoms with E-state index in [-0.39, 0.29) is 0 Å². The van der Waals surface area contributed by atoms with E-state index in [0.717, 1.165) is 17.8 Å². The van der Waals surface area contributed by atoms with Crippen molar-refractivity contribution in [1.29, 1.82) is 0 Å². The van der Waals surface area contributed by atoms with Crippen LogP contribution in [0.15, 0.2) is 24.5 Å². The van der Waals surface area contributed by atoms with Crippen LogP contribution in [0.25, 0.3) is 0 Å². The van der Waals surface area contributed by atoms with Gasteiger partial charge < -0.3 is 4.90 Å². The van der Waals surface area contributed by atoms with Crippen molar-refractivity contribution < 1.29 is 0 Å². The van der Waals surface area contributed by atoms with Gasteiger partial charge in [0.1, 0.15) is 0 Å². The normalized spacial score (nSPS) is 39.8. The summed E-state index contributed by atoms with van der Waals surface area (Å²) in [5.41, 5.74) is 1.86. The van der Waals surface area contributed by atoms with Crippen molar-refractivity contribution in [2.45, 2.75) is 51.5 Å². The molecule has 1 aromatic rings. The van der Waals surface area contributed by atoms with Crippen LogP contribution in [0, 0.1) is 23.2 Å². The van der Waals surface area contributed by atoms with Crippen LogP contribution in [0.3, 0.4) is 0 Å². The predicted molar refractivity (Wildman–Crippen MR) is 82.7 cm³/mol. The largest absolute Gasteiger partial charge is 0.370 e. The fourth-order valence-corrected chi connectivity index (χ4v) is 5.89. The molecule has 0 saturated heterocycles. The molecule has 4 saturated carbocycles. The highest BCUT2D eigenvalue weighted by atomic mass is 15.1. The van der Waals surface area contributed by atoms with Gasteiger partial charge in [0.25, 0.3) is 0 Å². The molecule has 0 aromatic carbocycles. The molecule has 1 aromatic heterocycles. The summed E-state index contributed by atoms with van der Waals surface area (Å²) in [5.74, 6) is 3.10. The lowest BCUT2D eigenvalue weighted by Crippen LogP contribution is -2.55. The average molecular weight is 270 g/mol. The van der Waals surface area contributed by atoms with E-state index in [9.17, 15) is 0 Å². The molecule has 4 aliphatic rings. The molecule has 4 aliphatic carbocycles. The molecule has 2 nitrogen and oxygen atoms in total. The molecule has 0 N–H and O–H groups in total. The molecule has 1 unspecified atom stereocenters. The molecule has 0 spiro atoms. The van der Waals surface area contributed by atoms with E-state index in [1.807, 2.05) is 12.4 Å². The minimum Gasteiger partial charge on any atom is -0.370 e. The van der Waals surface area contributed by atoms with Crippen LogP contribution in [-0.4, -0.2) is 18.1 Å². The third-order valence-electron chi connectivity index (χ3n) is 6.61. The molecule has 4 fully saturated rings. The van der Waals surface area contributed by atoms with Gasteiger partial charge in [-0.3, -0.25) is 4.98 Å². The summed E-state index contributed by atoms with van der Waals surface area (Å²) in [6.45, 7) is 2.46. The molecule has 20 heavy (non-hydrogen) atoms. The minimum absolute atomic E-state index is 0.583. The lowest BCUT2D eigenvalue weighted by atomic mass is 9.47. The SMILES string of the molecule is CC(N(C)c1cccnc1)C12CC3CC(CC(C3)C1)C2. The number of aromatic nitrogens is 1. The first-order valence-corrected chi connectivity index (χ1v) is 8.29. The third-order valence-corrected chi connectivity index (χ3v) is 6.61. The van der Waals surface area contributed by atoms with E-state index in [1.165, 1.54) is 44.2 Å². The highest BCUT2D eigenvalue weighted by Gasteiger charge is 2.53. The van der Waals surface area contributed by atoms with E-state index < -0.39 is 0 Å². The topological polar surface area (TPSA) is 16.1 Å². The van der Waals surface area contributed by atoms with Crippen molar-refractivity contribution in [3.05, 3.63) is 24.5 Å². The smallest absolute Gasteiger partial charge is 0.0552 e. The Balaban J connectivity index is 1.60. The van der Waals surface area contributed by atoms with Crippen molar-refractivity contribution in [3.63, 3.8) is 0 Å². The standard InChI is InChI=1S/C18H26N2/c1-13(20(2)17-4-3-5-19-12-17)18-9-14-6-15(10-18)8-16(7-14)11-18/h3-5,12-16H,6-11H2,1-2H3. The van der Waals surface area contributed by atoms with Gasteiger partial charge in [0.05, 0.1) is 11.9 Å². The highest BCUT2D eigenvalue weighted by Crippen LogP contribution is 2.61. The second kappa shape index (κ2) is 4.47. The second-order valence-corrected chi connectivity index (χ2v) is 7.78. The number of anilines is 1. The predicted octanol–water partition coefficient (Wildman–Crippen LogP) is 4.12. The number of nitrogens with zero attached hydrogens (tertiary/aromatic N) is 2. The van der Waals surface area contributed by atoms with Gasteiger partial charge >= 0.3 is 0 Å². The Morgan fingerprint density at radius 1 is 1.15 bits per heavy atom. The van der Waals surface area contributed by atoms with Crippen molar-refractivity contribution in [2.24, 2.45) is 23.2 Å². The van der Waals surface area contributed by atoms with Crippen molar-refractivity contribution in [3.8, 4) is 0 Å². The maximum Gasteiger partial charge on any atom is 0.0552 e. The molecule has 1 heterocycles. The van der Waals surface area contributed by atoms with Crippen molar-refractivity contribution in [1.82, 2.24) is 4.98 Å². The Kier molecular flexibility index (Phi) is 2.84. The number of hydrogen-bond acceptors (Lipinski definition) is 2. The van der Waals surface area contributed by atoms with E-state index >= 15 is 0 Å². The van der Waals surface area contributed by atoms with E-state index in [4.69, 9.17) is 0 Å². The molecule has 0 amide bonds. The second-order valence-electron chi connectivity index (χ2n) is 7.78. The minimum atomic E-state index is 0.583. The van der Waals surface area contributed by atoms with Gasteiger partial charge in [-0.05, 0) is 80.8 Å². The Labute approximate surface area is 122 Å². The van der Waals surface area contributed by atoms with Gasteiger partial charge in [0.15, 0.2) is 0 Å². The quantitative estimate of drug-likeness (QED) is 0.821. The van der Waals surface area contributed by atoms with Crippen LogP contribution in [0.2, 0.25) is 0 Å². The fourth-order valence-electron chi connectivity index (χ4n) is 5.89. The Morgan fingerprint density at radius 3 is 2.25 bits per heavy atom. The summed E-state index contributed by atoms with van der Waals surface area (Å²) in [4.78, 5) is 6.78. The van der Waals surface area contributed by atoms with Crippen LogP contribution in [-0.2, 0) is 0 Å². The van der Waals surface area contributed by atoms with Gasteiger partial charge in [-0.15, -0.1) is 0 Å². The Hall–Kier alpha value is -1.05. The molecule has 0 radical (unpaired) electrons. The number of pyridine rings is 1. The lowest BCUT2D eigenvalue weighted by molar-refractivity contribution is -0.0643. The highest BCUT2D eigenvalue weighted by molar-refractivity contribution is 5.44. The summed E-state index contributed by atoms with van der Waals surface area (Å²) in [6.07, 6.45) is 12.9. The fraction of sp³-hybridized carbons (Fsp3) is 0.722. The molecule has 0 aliphatic heterocycles. The van der Waals surface area contributed by atoms with E-state index in [1.54, 1.807) is 0 Å². The molecule has 108 valence electrons. The molecule has 4 bridgehead atoms. The Bertz CT molecular complexity index is 446. The molecular weight excluding hydrogens is 244 g/mol. The van der Waals surface area contributed by atoms with Crippen LogP contribution < -0.4 is 4.90 Å². The number of hydrogen-bond donors (Lipinski definition) is 0. The summed E-state index contributed by atoms with van der Waals surface area (Å²) < 4.78 is 0. The van der Waals surface area contributed by atoms with E-state index in [2.05, 4.69) is 36.0 Å². The first-order valence-electron chi connectivity index (χ1n) is 8.29. The van der Waals surface area contributed by atoms with Gasteiger partial charge in [-0.2, -0.15) is 0 Å². The zero-order chi connectivity index (χ0) is 13.7. The van der Waals surface area contributed by atoms with Gasteiger partial charge in [0.2, 0.25) is 0 Å². The number of rotatable bonds is 3. The maximum absolute atomic E-state index is 4.29. The Morgan fingerprint density at radius 2 is 1.75 bits per heavy atom. The van der Waals surface area contributed by atoms with Crippen LogP contribution in [0.4, 0.5) is 5.69 Å². The summed E-state index contributed by atoms with van der Waals surface area (Å²) >= 11 is 0. The van der Waals surface area contributed by atoms with Crippen LogP contribution in [0.5, 0.6) is 0 Å². The molecule has 5 rings (SSSR count). The monoisotopic (exact) mass is 270 g/mol. The van der Waals surface area contributed by atoms with Gasteiger partial charge in [-0.1, -0.05) is 0 Å². The first-order chi connectivity index (χ1) is 9.66. The zero-order valence-corrected chi connectivity index (χ0v) is 12.8. The first kappa shape index (κ1) is 12.7. The summed E-state index contributed by atoms with van der Waals surface area (Å²) in [6, 6.07) is 4.89. The average Bonchev–Trinajstić information content (AvgIpc) is 2.45. The molecule has 2 heteroatoms. The van der Waals surface area contributed by atoms with Crippen molar-refractivity contribution in [2.75, 3.05) is 11.9 Å². The van der Waals surface area contributed by atoms with Crippen LogP contribution >= 0.6 is 0 Å². The molecule has 1 atom stereocenters. The summed E-state index contributed by atoms with van der Waals surface area (Å²) in [5, 5.41) is 0. The maximum atomic E-state index is 4.29. The third kappa shape index (κ3) is 1.88. The van der Waals surface area contributed by atoms with E-state index in [0.29, 0.717) is 11.5 Å². The lowest BCUT2D eigenvalue weighted by Gasteiger charge is -2.60. The zero-order valence-electron chi connectivity index (χ0n) is 12.8. The van der Waals surface area contributed by atoms with Crippen LogP contribution in [0.1, 0.15) is 45.4 Å². The summed E-state index contributed by atoms with van der Waals surface area (Å²) in [7, 11) is 2.26. The van der Waals surface area contributed by atoms with Gasteiger partial charge in [0, 0.05) is 19.3 Å². The van der Waals surface area contributed by atoms with Crippen molar-refractivity contribution >= 4 is 5.69 Å². The van der Waals surface area contributed by atoms with Gasteiger partial charge in [-0.25, -0.2) is 0 Å².